The van der Waals surface area contributed by atoms with Crippen molar-refractivity contribution in [1.29, 1.82) is 0 Å². The molecular weight excluding hydrogens is 294 g/mol. The summed E-state index contributed by atoms with van der Waals surface area (Å²) in [5.41, 5.74) is 7.26. The molecule has 6 heteroatoms. The number of primary amides is 1. The van der Waals surface area contributed by atoms with E-state index in [9.17, 15) is 4.79 Å². The van der Waals surface area contributed by atoms with Crippen LogP contribution in [0.4, 0.5) is 0 Å². The molecule has 1 aromatic heterocycles. The van der Waals surface area contributed by atoms with Crippen LogP contribution in [-0.2, 0) is 0 Å². The molecule has 0 saturated carbocycles. The zero-order chi connectivity index (χ0) is 16.2. The second-order valence-corrected chi connectivity index (χ2v) is 4.84. The van der Waals surface area contributed by atoms with E-state index in [-0.39, 0.29) is 0 Å². The van der Waals surface area contributed by atoms with Gasteiger partial charge in [0.15, 0.2) is 5.75 Å². The molecular formula is C17H15N3O3. The van der Waals surface area contributed by atoms with Gasteiger partial charge in [0, 0.05) is 11.1 Å². The summed E-state index contributed by atoms with van der Waals surface area (Å²) in [5, 5.41) is 6.93. The number of carbonyl (C=O) groups is 1. The van der Waals surface area contributed by atoms with E-state index in [0.717, 1.165) is 11.3 Å². The molecule has 2 aromatic carbocycles. The zero-order valence-electron chi connectivity index (χ0n) is 12.4. The normalized spacial score (nSPS) is 10.3. The minimum atomic E-state index is -0.504. The van der Waals surface area contributed by atoms with E-state index in [2.05, 4.69) is 10.2 Å². The third-order valence-electron chi connectivity index (χ3n) is 3.31. The van der Waals surface area contributed by atoms with Gasteiger partial charge in [-0.1, -0.05) is 18.2 Å². The summed E-state index contributed by atoms with van der Waals surface area (Å²) < 4.78 is 11.1. The predicted octanol–water partition coefficient (Wildman–Crippen LogP) is 2.98. The van der Waals surface area contributed by atoms with Crippen molar-refractivity contribution < 1.29 is 14.3 Å². The van der Waals surface area contributed by atoms with E-state index in [1.807, 2.05) is 24.3 Å². The Morgan fingerprint density at radius 3 is 2.70 bits per heavy atom. The van der Waals surface area contributed by atoms with Gasteiger partial charge in [0.25, 0.3) is 0 Å². The van der Waals surface area contributed by atoms with Gasteiger partial charge in [-0.05, 0) is 30.3 Å². The highest BCUT2D eigenvalue weighted by molar-refractivity contribution is 5.93. The van der Waals surface area contributed by atoms with Crippen molar-refractivity contribution in [3.8, 4) is 28.5 Å². The number of nitrogens with two attached hydrogens (primary N) is 1. The van der Waals surface area contributed by atoms with Gasteiger partial charge in [-0.25, -0.2) is 0 Å². The largest absolute Gasteiger partial charge is 0.497 e. The van der Waals surface area contributed by atoms with E-state index < -0.39 is 5.91 Å². The average molecular weight is 309 g/mol. The van der Waals surface area contributed by atoms with Crippen LogP contribution in [0, 0.1) is 0 Å². The summed E-state index contributed by atoms with van der Waals surface area (Å²) in [5.74, 6) is 1.28. The number of nitrogens with zero attached hydrogens (tertiary/aromatic N) is 1. The Bertz CT molecular complexity index is 842. The number of ether oxygens (including phenoxy) is 2. The highest BCUT2D eigenvalue weighted by Gasteiger charge is 2.11. The maximum absolute atomic E-state index is 11.2. The second-order valence-electron chi connectivity index (χ2n) is 4.84. The molecule has 0 radical (unpaired) electrons. The van der Waals surface area contributed by atoms with E-state index in [1.165, 1.54) is 0 Å². The Kier molecular flexibility index (Phi) is 3.97. The van der Waals surface area contributed by atoms with Gasteiger partial charge in [0.1, 0.15) is 17.2 Å². The maximum Gasteiger partial charge on any atom is 0.248 e. The van der Waals surface area contributed by atoms with Crippen molar-refractivity contribution in [2.45, 2.75) is 0 Å². The van der Waals surface area contributed by atoms with Gasteiger partial charge in [-0.15, -0.1) is 0 Å². The van der Waals surface area contributed by atoms with E-state index in [4.69, 9.17) is 15.2 Å². The highest BCUT2D eigenvalue weighted by Crippen LogP contribution is 2.33. The predicted molar refractivity (Wildman–Crippen MR) is 85.6 cm³/mol. The molecule has 0 atom stereocenters. The lowest BCUT2D eigenvalue weighted by atomic mass is 10.1. The Morgan fingerprint density at radius 2 is 1.91 bits per heavy atom. The van der Waals surface area contributed by atoms with Crippen molar-refractivity contribution in [1.82, 2.24) is 10.2 Å². The monoisotopic (exact) mass is 309 g/mol. The van der Waals surface area contributed by atoms with Crippen LogP contribution in [0.5, 0.6) is 17.2 Å². The summed E-state index contributed by atoms with van der Waals surface area (Å²) in [4.78, 5) is 11.2. The number of aromatic amines is 1. The second kappa shape index (κ2) is 6.23. The van der Waals surface area contributed by atoms with Gasteiger partial charge in [-0.3, -0.25) is 9.89 Å². The Hall–Kier alpha value is -3.28. The third-order valence-corrected chi connectivity index (χ3v) is 3.31. The van der Waals surface area contributed by atoms with Crippen LogP contribution in [0.15, 0.2) is 54.7 Å². The Morgan fingerprint density at radius 1 is 1.13 bits per heavy atom. The van der Waals surface area contributed by atoms with Crippen LogP contribution in [-0.4, -0.2) is 23.2 Å². The molecule has 0 aliphatic rings. The first kappa shape index (κ1) is 14.6. The number of amides is 1. The smallest absolute Gasteiger partial charge is 0.248 e. The Balaban J connectivity index is 1.92. The molecule has 116 valence electrons. The average Bonchev–Trinajstić information content (AvgIpc) is 3.03. The molecule has 0 fully saturated rings. The van der Waals surface area contributed by atoms with Crippen LogP contribution in [0.1, 0.15) is 10.4 Å². The molecule has 3 aromatic rings. The minimum absolute atomic E-state index is 0.383. The lowest BCUT2D eigenvalue weighted by molar-refractivity contribution is 0.1000. The molecule has 0 saturated heterocycles. The van der Waals surface area contributed by atoms with Gasteiger partial charge < -0.3 is 15.2 Å². The number of benzene rings is 2. The van der Waals surface area contributed by atoms with Crippen LogP contribution in [0.25, 0.3) is 11.3 Å². The zero-order valence-corrected chi connectivity index (χ0v) is 12.4. The topological polar surface area (TPSA) is 90.2 Å². The van der Waals surface area contributed by atoms with Crippen LogP contribution >= 0.6 is 0 Å². The van der Waals surface area contributed by atoms with Crippen LogP contribution in [0.2, 0.25) is 0 Å². The number of rotatable bonds is 5. The quantitative estimate of drug-likeness (QED) is 0.758. The summed E-state index contributed by atoms with van der Waals surface area (Å²) in [6, 6.07) is 14.2. The number of hydrogen-bond acceptors (Lipinski definition) is 4. The molecule has 0 aliphatic carbocycles. The SMILES string of the molecule is COc1cccc(-c2[nH]ncc2Oc2cccc(C(N)=O)c2)c1. The molecule has 3 rings (SSSR count). The summed E-state index contributed by atoms with van der Waals surface area (Å²) >= 11 is 0. The van der Waals surface area contributed by atoms with Gasteiger partial charge in [0.2, 0.25) is 5.91 Å². The molecule has 6 nitrogen and oxygen atoms in total. The van der Waals surface area contributed by atoms with E-state index in [1.54, 1.807) is 37.6 Å². The molecule has 0 spiro atoms. The van der Waals surface area contributed by atoms with E-state index >= 15 is 0 Å². The highest BCUT2D eigenvalue weighted by atomic mass is 16.5. The van der Waals surface area contributed by atoms with E-state index in [0.29, 0.717) is 22.8 Å². The fraction of sp³-hybridized carbons (Fsp3) is 0.0588. The molecule has 3 N–H and O–H groups in total. The summed E-state index contributed by atoms with van der Waals surface area (Å²) in [7, 11) is 1.61. The van der Waals surface area contributed by atoms with Gasteiger partial charge in [-0.2, -0.15) is 5.10 Å². The number of hydrogen-bond donors (Lipinski definition) is 2. The fourth-order valence-corrected chi connectivity index (χ4v) is 2.18. The maximum atomic E-state index is 11.2. The van der Waals surface area contributed by atoms with Crippen molar-refractivity contribution in [3.63, 3.8) is 0 Å². The number of carbonyl (C=O) groups excluding carboxylic acids is 1. The number of H-pyrrole nitrogens is 1. The molecule has 1 amide bonds. The van der Waals surface area contributed by atoms with Crippen molar-refractivity contribution in [3.05, 3.63) is 60.3 Å². The molecule has 0 aliphatic heterocycles. The lowest BCUT2D eigenvalue weighted by Crippen LogP contribution is -2.10. The Labute approximate surface area is 132 Å². The number of aromatic nitrogens is 2. The summed E-state index contributed by atoms with van der Waals surface area (Å²) in [6.45, 7) is 0. The molecule has 1 heterocycles. The van der Waals surface area contributed by atoms with Gasteiger partial charge >= 0.3 is 0 Å². The van der Waals surface area contributed by atoms with Gasteiger partial charge in [0.05, 0.1) is 13.3 Å². The van der Waals surface area contributed by atoms with Crippen molar-refractivity contribution in [2.24, 2.45) is 5.73 Å². The standard InChI is InChI=1S/C17H15N3O3/c1-22-13-6-2-4-11(8-13)16-15(10-19-20-16)23-14-7-3-5-12(9-14)17(18)21/h2-10H,1H3,(H2,18,21)(H,19,20). The third kappa shape index (κ3) is 3.16. The lowest BCUT2D eigenvalue weighted by Gasteiger charge is -2.08. The first-order valence-electron chi connectivity index (χ1n) is 6.93. The fourth-order valence-electron chi connectivity index (χ4n) is 2.18. The number of nitrogens with one attached hydrogen (secondary N) is 1. The molecule has 23 heavy (non-hydrogen) atoms. The minimum Gasteiger partial charge on any atom is -0.497 e. The first-order chi connectivity index (χ1) is 11.2. The van der Waals surface area contributed by atoms with Crippen molar-refractivity contribution >= 4 is 5.91 Å². The summed E-state index contributed by atoms with van der Waals surface area (Å²) in [6.07, 6.45) is 1.58. The molecule has 0 bridgehead atoms. The molecule has 0 unspecified atom stereocenters. The number of methoxy groups -OCH3 is 1. The first-order valence-corrected chi connectivity index (χ1v) is 6.93. The van der Waals surface area contributed by atoms with Crippen molar-refractivity contribution in [2.75, 3.05) is 7.11 Å². The van der Waals surface area contributed by atoms with Crippen LogP contribution < -0.4 is 15.2 Å². The van der Waals surface area contributed by atoms with Crippen LogP contribution in [0.3, 0.4) is 0 Å².